The first-order chi connectivity index (χ1) is 19.2. The molecule has 210 valence electrons. The van der Waals surface area contributed by atoms with Crippen molar-refractivity contribution in [2.24, 2.45) is 0 Å². The molecule has 0 saturated carbocycles. The highest BCUT2D eigenvalue weighted by atomic mass is 16.5. The molecule has 1 unspecified atom stereocenters. The minimum atomic E-state index is -0.430. The van der Waals surface area contributed by atoms with Gasteiger partial charge in [0.1, 0.15) is 5.76 Å². The van der Waals surface area contributed by atoms with Gasteiger partial charge in [-0.15, -0.1) is 0 Å². The predicted octanol–water partition coefficient (Wildman–Crippen LogP) is 7.74. The van der Waals surface area contributed by atoms with Crippen molar-refractivity contribution in [1.29, 1.82) is 0 Å². The second kappa shape index (κ2) is 12.9. The van der Waals surface area contributed by atoms with Crippen LogP contribution < -0.4 is 5.32 Å². The molecule has 0 spiro atoms. The largest absolute Gasteiger partial charge is 0.467 e. The maximum atomic E-state index is 13.5. The topological polar surface area (TPSA) is 86.8 Å². The summed E-state index contributed by atoms with van der Waals surface area (Å²) in [5, 5.41) is 3.79. The number of hydrogen-bond donors (Lipinski definition) is 1. The number of aromatic nitrogens is 1. The number of carbonyl (C=O) groups is 2. The number of anilines is 1. The Morgan fingerprint density at radius 1 is 1.10 bits per heavy atom. The van der Waals surface area contributed by atoms with Crippen LogP contribution in [0.4, 0.5) is 5.69 Å². The molecule has 40 heavy (non-hydrogen) atoms. The van der Waals surface area contributed by atoms with Crippen LogP contribution in [0.3, 0.4) is 0 Å². The number of hydrogen-bond acceptors (Lipinski definition) is 6. The number of benzene rings is 2. The van der Waals surface area contributed by atoms with E-state index >= 15 is 0 Å². The molecule has 1 aliphatic rings. The highest BCUT2D eigenvalue weighted by molar-refractivity contribution is 6.13. The lowest BCUT2D eigenvalue weighted by Crippen LogP contribution is -2.15. The molecule has 1 aromatic heterocycles. The summed E-state index contributed by atoms with van der Waals surface area (Å²) in [5.41, 5.74) is 6.25. The average Bonchev–Trinajstić information content (AvgIpc) is 3.47. The summed E-state index contributed by atoms with van der Waals surface area (Å²) in [6.45, 7) is 12.7. The zero-order valence-electron chi connectivity index (χ0n) is 24.2. The molecule has 1 N–H and O–H groups in total. The van der Waals surface area contributed by atoms with Gasteiger partial charge >= 0.3 is 5.97 Å². The molecule has 7 nitrogen and oxygen atoms in total. The van der Waals surface area contributed by atoms with Gasteiger partial charge in [0.05, 0.1) is 40.8 Å². The lowest BCUT2D eigenvalue weighted by Gasteiger charge is -2.15. The summed E-state index contributed by atoms with van der Waals surface area (Å²) < 4.78 is 17.1. The van der Waals surface area contributed by atoms with E-state index in [0.717, 1.165) is 57.7 Å². The Labute approximate surface area is 236 Å². The number of ether oxygens (including phenoxy) is 3. The van der Waals surface area contributed by atoms with Crippen LogP contribution in [0.25, 0.3) is 10.9 Å². The third kappa shape index (κ3) is 6.96. The number of aryl methyl sites for hydroxylation is 2. The van der Waals surface area contributed by atoms with E-state index in [1.165, 1.54) is 0 Å². The van der Waals surface area contributed by atoms with E-state index in [4.69, 9.17) is 19.2 Å². The number of pyridine rings is 1. The smallest absolute Gasteiger partial charge is 0.338 e. The minimum Gasteiger partial charge on any atom is -0.467 e. The van der Waals surface area contributed by atoms with E-state index in [1.807, 2.05) is 59.8 Å². The minimum absolute atomic E-state index is 0.103. The van der Waals surface area contributed by atoms with Gasteiger partial charge < -0.3 is 19.5 Å². The van der Waals surface area contributed by atoms with Gasteiger partial charge in [-0.05, 0) is 108 Å². The number of amides is 1. The van der Waals surface area contributed by atoms with E-state index in [0.29, 0.717) is 29.8 Å². The SMILES string of the molecule is C/C=C(/C)OC(CCOC(=O)c1ccc(NC(=O)c2cc(C3CCCO3)nc3c(C)cc(C)cc23)cc1)=C(C)C. The number of fused-ring (bicyclic) bond motifs is 1. The number of rotatable bonds is 9. The zero-order valence-corrected chi connectivity index (χ0v) is 24.2. The molecule has 1 aliphatic heterocycles. The summed E-state index contributed by atoms with van der Waals surface area (Å²) in [6.07, 6.45) is 4.14. The first-order valence-corrected chi connectivity index (χ1v) is 13.8. The van der Waals surface area contributed by atoms with Crippen molar-refractivity contribution in [3.05, 3.63) is 93.6 Å². The van der Waals surface area contributed by atoms with Crippen molar-refractivity contribution in [3.8, 4) is 0 Å². The summed E-state index contributed by atoms with van der Waals surface area (Å²) in [6, 6.07) is 12.6. The Bertz CT molecular complexity index is 1460. The van der Waals surface area contributed by atoms with Crippen molar-refractivity contribution in [2.45, 2.75) is 66.9 Å². The average molecular weight is 543 g/mol. The quantitative estimate of drug-likeness (QED) is 0.220. The number of allylic oxidation sites excluding steroid dienone is 3. The molecular weight excluding hydrogens is 504 g/mol. The lowest BCUT2D eigenvalue weighted by atomic mass is 9.99. The van der Waals surface area contributed by atoms with Crippen LogP contribution in [0.15, 0.2) is 65.6 Å². The third-order valence-corrected chi connectivity index (χ3v) is 6.96. The Morgan fingerprint density at radius 2 is 1.85 bits per heavy atom. The standard InChI is InChI=1S/C33H38N2O5/c1-7-23(6)40-29(20(2)3)14-16-39-33(37)24-10-12-25(13-11-24)34-32(36)27-19-28(30-9-8-15-38-30)35-31-22(5)17-21(4)18-26(27)31/h7,10-13,17-19,30H,8-9,14-16H2,1-6H3,(H,34,36)/b23-7-. The normalized spacial score (nSPS) is 15.2. The monoisotopic (exact) mass is 542 g/mol. The van der Waals surface area contributed by atoms with Crippen LogP contribution in [0, 0.1) is 13.8 Å². The third-order valence-electron chi connectivity index (χ3n) is 6.96. The van der Waals surface area contributed by atoms with Crippen molar-refractivity contribution < 1.29 is 23.8 Å². The highest BCUT2D eigenvalue weighted by Gasteiger charge is 2.23. The number of nitrogens with one attached hydrogen (secondary N) is 1. The molecule has 3 aromatic rings. The second-order valence-electron chi connectivity index (χ2n) is 10.4. The molecule has 2 aromatic carbocycles. The first kappa shape index (κ1) is 29.0. The van der Waals surface area contributed by atoms with Gasteiger partial charge in [-0.1, -0.05) is 11.6 Å². The van der Waals surface area contributed by atoms with Gasteiger partial charge in [0.2, 0.25) is 0 Å². The number of esters is 1. The van der Waals surface area contributed by atoms with Crippen molar-refractivity contribution in [2.75, 3.05) is 18.5 Å². The van der Waals surface area contributed by atoms with Gasteiger partial charge in [0, 0.05) is 24.1 Å². The fourth-order valence-corrected chi connectivity index (χ4v) is 4.73. The van der Waals surface area contributed by atoms with Crippen molar-refractivity contribution in [3.63, 3.8) is 0 Å². The summed E-state index contributed by atoms with van der Waals surface area (Å²) >= 11 is 0. The van der Waals surface area contributed by atoms with E-state index in [1.54, 1.807) is 24.3 Å². The Hall–Kier alpha value is -3.97. The Kier molecular flexibility index (Phi) is 9.38. The van der Waals surface area contributed by atoms with Crippen LogP contribution in [0.5, 0.6) is 0 Å². The molecule has 1 amide bonds. The molecule has 0 radical (unpaired) electrons. The fraction of sp³-hybridized carbons (Fsp3) is 0.364. The van der Waals surface area contributed by atoms with Gasteiger partial charge in [-0.25, -0.2) is 9.78 Å². The molecule has 2 heterocycles. The molecule has 1 saturated heterocycles. The van der Waals surface area contributed by atoms with Crippen LogP contribution in [-0.2, 0) is 14.2 Å². The van der Waals surface area contributed by atoms with E-state index in [-0.39, 0.29) is 18.6 Å². The number of nitrogens with zero attached hydrogens (tertiary/aromatic N) is 1. The predicted molar refractivity (Wildman–Crippen MR) is 157 cm³/mol. The van der Waals surface area contributed by atoms with Crippen LogP contribution in [-0.4, -0.2) is 30.1 Å². The van der Waals surface area contributed by atoms with Gasteiger partial charge in [-0.2, -0.15) is 0 Å². The second-order valence-corrected chi connectivity index (χ2v) is 10.4. The molecule has 1 fully saturated rings. The van der Waals surface area contributed by atoms with Crippen LogP contribution in [0.1, 0.15) is 90.6 Å². The maximum Gasteiger partial charge on any atom is 0.338 e. The highest BCUT2D eigenvalue weighted by Crippen LogP contribution is 2.32. The molecular formula is C33H38N2O5. The Balaban J connectivity index is 1.46. The van der Waals surface area contributed by atoms with Crippen molar-refractivity contribution in [1.82, 2.24) is 4.98 Å². The lowest BCUT2D eigenvalue weighted by molar-refractivity contribution is 0.0496. The summed E-state index contributed by atoms with van der Waals surface area (Å²) in [7, 11) is 0. The Morgan fingerprint density at radius 3 is 2.50 bits per heavy atom. The zero-order chi connectivity index (χ0) is 28.8. The van der Waals surface area contributed by atoms with Crippen LogP contribution in [0.2, 0.25) is 0 Å². The van der Waals surface area contributed by atoms with E-state index in [2.05, 4.69) is 11.4 Å². The van der Waals surface area contributed by atoms with E-state index < -0.39 is 5.97 Å². The van der Waals surface area contributed by atoms with Crippen LogP contribution >= 0.6 is 0 Å². The molecule has 7 heteroatoms. The first-order valence-electron chi connectivity index (χ1n) is 13.8. The molecule has 0 bridgehead atoms. The summed E-state index contributed by atoms with van der Waals surface area (Å²) in [5.74, 6) is 0.921. The van der Waals surface area contributed by atoms with Gasteiger partial charge in [0.25, 0.3) is 5.91 Å². The van der Waals surface area contributed by atoms with E-state index in [9.17, 15) is 9.59 Å². The number of carbonyl (C=O) groups excluding carboxylic acids is 2. The molecule has 1 atom stereocenters. The molecule has 4 rings (SSSR count). The molecule has 0 aliphatic carbocycles. The summed E-state index contributed by atoms with van der Waals surface area (Å²) in [4.78, 5) is 31.0. The van der Waals surface area contributed by atoms with Gasteiger partial charge in [0.15, 0.2) is 0 Å². The maximum absolute atomic E-state index is 13.5. The van der Waals surface area contributed by atoms with Crippen molar-refractivity contribution >= 4 is 28.5 Å². The van der Waals surface area contributed by atoms with Gasteiger partial charge in [-0.3, -0.25) is 4.79 Å². The fourth-order valence-electron chi connectivity index (χ4n) is 4.73.